The van der Waals surface area contributed by atoms with Gasteiger partial charge in [0.05, 0.1) is 39.2 Å². The largest absolute Gasteiger partial charge is 0.372 e. The molecule has 0 saturated carbocycles. The normalized spacial score (nSPS) is 22.7. The highest BCUT2D eigenvalue weighted by molar-refractivity contribution is 7.85. The van der Waals surface area contributed by atoms with E-state index in [0.717, 1.165) is 6.61 Å². The molecule has 0 spiro atoms. The molecule has 1 saturated heterocycles. The van der Waals surface area contributed by atoms with Crippen molar-refractivity contribution in [3.63, 3.8) is 0 Å². The van der Waals surface area contributed by atoms with Gasteiger partial charge >= 0.3 is 0 Å². The number of halogens is 1. The van der Waals surface area contributed by atoms with Crippen LogP contribution in [0.1, 0.15) is 0 Å². The van der Waals surface area contributed by atoms with E-state index in [9.17, 15) is 4.21 Å². The van der Waals surface area contributed by atoms with E-state index in [1.54, 1.807) is 12.1 Å². The molecule has 1 aliphatic heterocycles. The van der Waals surface area contributed by atoms with E-state index >= 15 is 0 Å². The molecule has 13 heavy (non-hydrogen) atoms. The fraction of sp³-hybridized carbons (Fsp3) is 0.333. The molecule has 4 heteroatoms. The lowest BCUT2D eigenvalue weighted by molar-refractivity contribution is 0.425. The predicted molar refractivity (Wildman–Crippen MR) is 52.5 cm³/mol. The standard InChI is InChI=1S/C9H9ClO2S/c10-8-3-1-2-4-9(8)13(11)6-7-5-12-7/h1-4,7H,5-6H2/t7-,13?/m0/s1. The lowest BCUT2D eigenvalue weighted by atomic mass is 10.4. The summed E-state index contributed by atoms with van der Waals surface area (Å²) in [4.78, 5) is 0.708. The third kappa shape index (κ3) is 2.30. The molecule has 0 N–H and O–H groups in total. The van der Waals surface area contributed by atoms with Crippen molar-refractivity contribution in [3.05, 3.63) is 29.3 Å². The maximum Gasteiger partial charge on any atom is 0.0928 e. The van der Waals surface area contributed by atoms with E-state index in [4.69, 9.17) is 16.3 Å². The maximum absolute atomic E-state index is 11.7. The van der Waals surface area contributed by atoms with Gasteiger partial charge in [-0.05, 0) is 12.1 Å². The van der Waals surface area contributed by atoms with Gasteiger partial charge in [0.1, 0.15) is 0 Å². The molecule has 2 rings (SSSR count). The third-order valence-electron chi connectivity index (χ3n) is 1.82. The Morgan fingerprint density at radius 2 is 2.23 bits per heavy atom. The molecule has 1 aromatic carbocycles. The molecule has 1 aromatic rings. The molecule has 0 radical (unpaired) electrons. The topological polar surface area (TPSA) is 29.6 Å². The van der Waals surface area contributed by atoms with Gasteiger partial charge in [-0.1, -0.05) is 23.7 Å². The molecule has 0 bridgehead atoms. The molecule has 0 aromatic heterocycles. The minimum atomic E-state index is -1.02. The van der Waals surface area contributed by atoms with Crippen LogP contribution in [0.25, 0.3) is 0 Å². The number of hydrogen-bond acceptors (Lipinski definition) is 2. The average molecular weight is 217 g/mol. The van der Waals surface area contributed by atoms with Crippen molar-refractivity contribution in [2.75, 3.05) is 12.4 Å². The molecular weight excluding hydrogens is 208 g/mol. The first-order valence-corrected chi connectivity index (χ1v) is 5.71. The van der Waals surface area contributed by atoms with Gasteiger partial charge in [-0.15, -0.1) is 0 Å². The van der Waals surface area contributed by atoms with Crippen LogP contribution >= 0.6 is 11.6 Å². The zero-order chi connectivity index (χ0) is 9.26. The van der Waals surface area contributed by atoms with Gasteiger partial charge in [0, 0.05) is 0 Å². The Kier molecular flexibility index (Phi) is 2.67. The fourth-order valence-electron chi connectivity index (χ4n) is 1.05. The van der Waals surface area contributed by atoms with Crippen LogP contribution in [-0.4, -0.2) is 22.7 Å². The van der Waals surface area contributed by atoms with Crippen molar-refractivity contribution in [3.8, 4) is 0 Å². The van der Waals surface area contributed by atoms with E-state index in [2.05, 4.69) is 0 Å². The Morgan fingerprint density at radius 3 is 2.85 bits per heavy atom. The smallest absolute Gasteiger partial charge is 0.0928 e. The molecule has 1 heterocycles. The van der Waals surface area contributed by atoms with Crippen molar-refractivity contribution >= 4 is 22.4 Å². The molecule has 1 fully saturated rings. The van der Waals surface area contributed by atoms with Crippen LogP contribution in [0, 0.1) is 0 Å². The summed E-state index contributed by atoms with van der Waals surface area (Å²) in [6.45, 7) is 0.732. The van der Waals surface area contributed by atoms with Crippen molar-refractivity contribution in [2.45, 2.75) is 11.0 Å². The van der Waals surface area contributed by atoms with E-state index in [1.807, 2.05) is 12.1 Å². The minimum absolute atomic E-state index is 0.178. The summed E-state index contributed by atoms with van der Waals surface area (Å²) >= 11 is 5.89. The van der Waals surface area contributed by atoms with Crippen LogP contribution in [-0.2, 0) is 15.5 Å². The highest BCUT2D eigenvalue weighted by atomic mass is 35.5. The van der Waals surface area contributed by atoms with E-state index < -0.39 is 10.8 Å². The minimum Gasteiger partial charge on any atom is -0.372 e. The van der Waals surface area contributed by atoms with E-state index in [0.29, 0.717) is 15.7 Å². The number of ether oxygens (including phenoxy) is 1. The number of hydrogen-bond donors (Lipinski definition) is 0. The maximum atomic E-state index is 11.7. The van der Waals surface area contributed by atoms with Gasteiger partial charge in [-0.3, -0.25) is 4.21 Å². The van der Waals surface area contributed by atoms with Gasteiger partial charge in [0.15, 0.2) is 0 Å². The van der Waals surface area contributed by atoms with Crippen LogP contribution in [0.4, 0.5) is 0 Å². The second-order valence-electron chi connectivity index (χ2n) is 2.90. The van der Waals surface area contributed by atoms with Crippen LogP contribution in [0.2, 0.25) is 5.02 Å². The second-order valence-corrected chi connectivity index (χ2v) is 4.77. The summed E-state index contributed by atoms with van der Waals surface area (Å²) in [7, 11) is -1.02. The van der Waals surface area contributed by atoms with Crippen LogP contribution in [0.3, 0.4) is 0 Å². The van der Waals surface area contributed by atoms with Gasteiger partial charge in [-0.2, -0.15) is 0 Å². The third-order valence-corrected chi connectivity index (χ3v) is 3.78. The molecule has 70 valence electrons. The van der Waals surface area contributed by atoms with Crippen LogP contribution < -0.4 is 0 Å². The van der Waals surface area contributed by atoms with Crippen LogP contribution in [0.5, 0.6) is 0 Å². The molecule has 2 atom stereocenters. The van der Waals surface area contributed by atoms with Crippen molar-refractivity contribution in [1.29, 1.82) is 0 Å². The van der Waals surface area contributed by atoms with Crippen molar-refractivity contribution in [2.24, 2.45) is 0 Å². The summed E-state index contributed by atoms with van der Waals surface area (Å²) in [5.41, 5.74) is 0. The lowest BCUT2D eigenvalue weighted by Gasteiger charge is -2.01. The number of benzene rings is 1. The van der Waals surface area contributed by atoms with Gasteiger partial charge in [0.2, 0.25) is 0 Å². The van der Waals surface area contributed by atoms with Crippen molar-refractivity contribution in [1.82, 2.24) is 0 Å². The Balaban J connectivity index is 2.13. The molecule has 1 aliphatic rings. The first-order chi connectivity index (χ1) is 6.27. The quantitative estimate of drug-likeness (QED) is 0.722. The highest BCUT2D eigenvalue weighted by Gasteiger charge is 2.26. The van der Waals surface area contributed by atoms with Crippen LogP contribution in [0.15, 0.2) is 29.2 Å². The van der Waals surface area contributed by atoms with Gasteiger partial charge in [-0.25, -0.2) is 0 Å². The molecule has 0 aliphatic carbocycles. The first kappa shape index (κ1) is 9.19. The summed E-state index contributed by atoms with van der Waals surface area (Å²) in [6, 6.07) is 7.22. The molecular formula is C9H9ClO2S. The monoisotopic (exact) mass is 216 g/mol. The molecule has 2 nitrogen and oxygen atoms in total. The Hall–Kier alpha value is -0.380. The summed E-state index contributed by atoms with van der Waals surface area (Å²) in [5.74, 6) is 0.559. The Morgan fingerprint density at radius 1 is 1.54 bits per heavy atom. The number of rotatable bonds is 3. The van der Waals surface area contributed by atoms with E-state index in [-0.39, 0.29) is 6.10 Å². The van der Waals surface area contributed by atoms with Gasteiger partial charge < -0.3 is 4.74 Å². The van der Waals surface area contributed by atoms with Crippen molar-refractivity contribution < 1.29 is 8.95 Å². The summed E-state index contributed by atoms with van der Waals surface area (Å²) in [5, 5.41) is 0.571. The zero-order valence-corrected chi connectivity index (χ0v) is 8.48. The zero-order valence-electron chi connectivity index (χ0n) is 6.90. The highest BCUT2D eigenvalue weighted by Crippen LogP contribution is 2.21. The van der Waals surface area contributed by atoms with E-state index in [1.165, 1.54) is 0 Å². The molecule has 1 unspecified atom stereocenters. The Bertz CT molecular complexity index is 336. The molecule has 0 amide bonds. The lowest BCUT2D eigenvalue weighted by Crippen LogP contribution is -2.04. The average Bonchev–Trinajstić information content (AvgIpc) is 2.89. The fourth-order valence-corrected chi connectivity index (χ4v) is 2.67. The predicted octanol–water partition coefficient (Wildman–Crippen LogP) is 1.85. The van der Waals surface area contributed by atoms with Gasteiger partial charge in [0.25, 0.3) is 0 Å². The number of epoxide rings is 1. The summed E-state index contributed by atoms with van der Waals surface area (Å²) in [6.07, 6.45) is 0.178. The SMILES string of the molecule is O=S(C[C@@H]1CO1)c1ccccc1Cl. The first-order valence-electron chi connectivity index (χ1n) is 4.02. The second kappa shape index (κ2) is 3.78. The summed E-state index contributed by atoms with van der Waals surface area (Å²) < 4.78 is 16.7. The Labute approximate surface area is 84.3 Å².